The first kappa shape index (κ1) is 14.2. The third-order valence-corrected chi connectivity index (χ3v) is 4.44. The van der Waals surface area contributed by atoms with E-state index in [1.807, 2.05) is 0 Å². The Balaban J connectivity index is 2.41. The summed E-state index contributed by atoms with van der Waals surface area (Å²) >= 11 is 2.06. The van der Waals surface area contributed by atoms with E-state index in [9.17, 15) is 17.2 Å². The number of nitrogens with one attached hydrogen (secondary N) is 1. The SMILES string of the molecule is O=S(=O)(Nc1ccc(I)cc1)c1c(F)cccc1F. The van der Waals surface area contributed by atoms with Gasteiger partial charge in [-0.2, -0.15) is 0 Å². The van der Waals surface area contributed by atoms with Gasteiger partial charge in [0.1, 0.15) is 11.6 Å². The van der Waals surface area contributed by atoms with Gasteiger partial charge in [0, 0.05) is 9.26 Å². The van der Waals surface area contributed by atoms with E-state index in [1.165, 1.54) is 12.1 Å². The average Bonchev–Trinajstić information content (AvgIpc) is 2.31. The Morgan fingerprint density at radius 2 is 1.47 bits per heavy atom. The molecule has 0 heterocycles. The second-order valence-electron chi connectivity index (χ2n) is 3.66. The van der Waals surface area contributed by atoms with Crippen molar-refractivity contribution >= 4 is 38.3 Å². The molecule has 0 saturated heterocycles. The van der Waals surface area contributed by atoms with Gasteiger partial charge in [0.15, 0.2) is 4.90 Å². The predicted octanol–water partition coefficient (Wildman–Crippen LogP) is 3.37. The van der Waals surface area contributed by atoms with Gasteiger partial charge in [-0.05, 0) is 59.0 Å². The molecule has 19 heavy (non-hydrogen) atoms. The van der Waals surface area contributed by atoms with Crippen molar-refractivity contribution in [2.45, 2.75) is 4.90 Å². The van der Waals surface area contributed by atoms with Crippen LogP contribution < -0.4 is 4.72 Å². The van der Waals surface area contributed by atoms with E-state index in [0.29, 0.717) is 0 Å². The maximum atomic E-state index is 13.5. The molecule has 0 atom stereocenters. The molecular formula is C12H8F2INO2S. The van der Waals surface area contributed by atoms with E-state index >= 15 is 0 Å². The van der Waals surface area contributed by atoms with Crippen molar-refractivity contribution in [3.63, 3.8) is 0 Å². The lowest BCUT2D eigenvalue weighted by atomic mass is 10.3. The third-order valence-electron chi connectivity index (χ3n) is 2.28. The van der Waals surface area contributed by atoms with E-state index in [0.717, 1.165) is 21.8 Å². The van der Waals surface area contributed by atoms with Gasteiger partial charge in [0.05, 0.1) is 0 Å². The standard InChI is InChI=1S/C12H8F2INO2S/c13-10-2-1-3-11(14)12(10)19(17,18)16-9-6-4-8(15)5-7-9/h1-7,16H. The zero-order valence-electron chi connectivity index (χ0n) is 9.40. The molecule has 3 nitrogen and oxygen atoms in total. The van der Waals surface area contributed by atoms with E-state index in [-0.39, 0.29) is 5.69 Å². The minimum Gasteiger partial charge on any atom is -0.279 e. The Bertz CT molecular complexity index is 682. The average molecular weight is 395 g/mol. The number of rotatable bonds is 3. The van der Waals surface area contributed by atoms with Crippen LogP contribution in [0.4, 0.5) is 14.5 Å². The largest absolute Gasteiger partial charge is 0.279 e. The summed E-state index contributed by atoms with van der Waals surface area (Å²) in [5, 5.41) is 0. The lowest BCUT2D eigenvalue weighted by molar-refractivity contribution is 0.521. The molecule has 0 aliphatic heterocycles. The van der Waals surface area contributed by atoms with Crippen molar-refractivity contribution in [1.82, 2.24) is 0 Å². The summed E-state index contributed by atoms with van der Waals surface area (Å²) in [4.78, 5) is -0.978. The molecule has 0 radical (unpaired) electrons. The van der Waals surface area contributed by atoms with Gasteiger partial charge in [-0.25, -0.2) is 17.2 Å². The maximum Gasteiger partial charge on any atom is 0.267 e. The zero-order chi connectivity index (χ0) is 14.0. The number of hydrogen-bond acceptors (Lipinski definition) is 2. The number of anilines is 1. The van der Waals surface area contributed by atoms with Crippen LogP contribution in [0.1, 0.15) is 0 Å². The maximum absolute atomic E-state index is 13.5. The monoisotopic (exact) mass is 395 g/mol. The van der Waals surface area contributed by atoms with Crippen molar-refractivity contribution in [3.8, 4) is 0 Å². The summed E-state index contributed by atoms with van der Waals surface area (Å²) in [6, 6.07) is 9.27. The van der Waals surface area contributed by atoms with Crippen LogP contribution in [0.3, 0.4) is 0 Å². The highest BCUT2D eigenvalue weighted by atomic mass is 127. The molecule has 0 aliphatic rings. The van der Waals surface area contributed by atoms with Gasteiger partial charge in [0.25, 0.3) is 10.0 Å². The molecule has 0 unspecified atom stereocenters. The van der Waals surface area contributed by atoms with Crippen molar-refractivity contribution < 1.29 is 17.2 Å². The van der Waals surface area contributed by atoms with Gasteiger partial charge < -0.3 is 0 Å². The summed E-state index contributed by atoms with van der Waals surface area (Å²) in [6.07, 6.45) is 0. The third kappa shape index (κ3) is 3.21. The quantitative estimate of drug-likeness (QED) is 0.811. The summed E-state index contributed by atoms with van der Waals surface area (Å²) in [6.45, 7) is 0. The fraction of sp³-hybridized carbons (Fsp3) is 0. The van der Waals surface area contributed by atoms with Crippen LogP contribution in [0.15, 0.2) is 47.4 Å². The molecule has 2 aromatic carbocycles. The molecule has 0 bridgehead atoms. The summed E-state index contributed by atoms with van der Waals surface area (Å²) in [7, 11) is -4.29. The smallest absolute Gasteiger partial charge is 0.267 e. The molecule has 0 fully saturated rings. The topological polar surface area (TPSA) is 46.2 Å². The second-order valence-corrected chi connectivity index (χ2v) is 6.53. The molecule has 0 aliphatic carbocycles. The van der Waals surface area contributed by atoms with Gasteiger partial charge >= 0.3 is 0 Å². The Morgan fingerprint density at radius 3 is 2.00 bits per heavy atom. The first-order chi connectivity index (χ1) is 8.90. The van der Waals surface area contributed by atoms with Crippen LogP contribution in [0.5, 0.6) is 0 Å². The first-order valence-corrected chi connectivity index (χ1v) is 7.69. The molecule has 0 amide bonds. The Morgan fingerprint density at radius 1 is 0.947 bits per heavy atom. The molecule has 2 rings (SSSR count). The first-order valence-electron chi connectivity index (χ1n) is 5.12. The van der Waals surface area contributed by atoms with Crippen LogP contribution in [0.25, 0.3) is 0 Å². The number of sulfonamides is 1. The van der Waals surface area contributed by atoms with E-state index in [4.69, 9.17) is 0 Å². The fourth-order valence-electron chi connectivity index (χ4n) is 1.46. The molecule has 0 aromatic heterocycles. The molecule has 1 N–H and O–H groups in total. The summed E-state index contributed by atoms with van der Waals surface area (Å²) in [5.41, 5.74) is 0.239. The van der Waals surface area contributed by atoms with Gasteiger partial charge in [-0.15, -0.1) is 0 Å². The number of halogens is 3. The highest BCUT2D eigenvalue weighted by molar-refractivity contribution is 14.1. The highest BCUT2D eigenvalue weighted by Crippen LogP contribution is 2.22. The Hall–Kier alpha value is -1.22. The molecule has 0 saturated carbocycles. The predicted molar refractivity (Wildman–Crippen MR) is 76.3 cm³/mol. The Kier molecular flexibility index (Phi) is 4.04. The van der Waals surface area contributed by atoms with Crippen LogP contribution in [-0.2, 0) is 10.0 Å². The van der Waals surface area contributed by atoms with Crippen molar-refractivity contribution in [3.05, 3.63) is 57.7 Å². The highest BCUT2D eigenvalue weighted by Gasteiger charge is 2.23. The van der Waals surface area contributed by atoms with E-state index in [1.54, 1.807) is 12.1 Å². The molecule has 0 spiro atoms. The fourth-order valence-corrected chi connectivity index (χ4v) is 3.02. The zero-order valence-corrected chi connectivity index (χ0v) is 12.4. The molecule has 7 heteroatoms. The van der Waals surface area contributed by atoms with Gasteiger partial charge in [-0.3, -0.25) is 4.72 Å². The van der Waals surface area contributed by atoms with Crippen LogP contribution in [-0.4, -0.2) is 8.42 Å². The van der Waals surface area contributed by atoms with E-state index in [2.05, 4.69) is 27.3 Å². The lowest BCUT2D eigenvalue weighted by Gasteiger charge is -2.09. The molecule has 100 valence electrons. The van der Waals surface area contributed by atoms with E-state index < -0.39 is 26.6 Å². The number of benzene rings is 2. The van der Waals surface area contributed by atoms with Crippen molar-refractivity contribution in [2.75, 3.05) is 4.72 Å². The lowest BCUT2D eigenvalue weighted by Crippen LogP contribution is -2.16. The second kappa shape index (κ2) is 5.41. The van der Waals surface area contributed by atoms with Gasteiger partial charge in [0.2, 0.25) is 0 Å². The Labute approximate surface area is 122 Å². The van der Waals surface area contributed by atoms with Crippen molar-refractivity contribution in [2.24, 2.45) is 0 Å². The minimum absolute atomic E-state index is 0.239. The summed E-state index contributed by atoms with van der Waals surface area (Å²) in [5.74, 6) is -2.25. The minimum atomic E-state index is -4.29. The van der Waals surface area contributed by atoms with Crippen LogP contribution in [0.2, 0.25) is 0 Å². The molecular weight excluding hydrogens is 387 g/mol. The van der Waals surface area contributed by atoms with Crippen molar-refractivity contribution in [1.29, 1.82) is 0 Å². The summed E-state index contributed by atoms with van der Waals surface area (Å²) < 4.78 is 53.8. The molecule has 2 aromatic rings. The van der Waals surface area contributed by atoms with Crippen LogP contribution >= 0.6 is 22.6 Å². The van der Waals surface area contributed by atoms with Gasteiger partial charge in [-0.1, -0.05) is 6.07 Å². The number of hydrogen-bond donors (Lipinski definition) is 1. The normalized spacial score (nSPS) is 11.3. The van der Waals surface area contributed by atoms with Crippen LogP contribution in [0, 0.1) is 15.2 Å².